The molecule has 1 atom stereocenters. The van der Waals surface area contributed by atoms with Crippen LogP contribution in [-0.4, -0.2) is 23.9 Å². The standard InChI is InChI=1S/C22H21FN2OS/c23-19-9-5-4-8-17(19)14-24-21(26)15-25-12-10-20-18(11-13-27-20)22(25)16-6-2-1-3-7-16/h1-9,11,13,22H,10,12,14-15H2,(H,24,26). The summed E-state index contributed by atoms with van der Waals surface area (Å²) in [6.07, 6.45) is 0.955. The lowest BCUT2D eigenvalue weighted by Gasteiger charge is -2.35. The van der Waals surface area contributed by atoms with E-state index in [0.29, 0.717) is 12.1 Å². The molecule has 1 unspecified atom stereocenters. The largest absolute Gasteiger partial charge is 0.351 e. The van der Waals surface area contributed by atoms with E-state index < -0.39 is 0 Å². The van der Waals surface area contributed by atoms with E-state index in [2.05, 4.69) is 33.8 Å². The molecule has 0 bridgehead atoms. The molecule has 27 heavy (non-hydrogen) atoms. The van der Waals surface area contributed by atoms with Crippen molar-refractivity contribution in [3.8, 4) is 0 Å². The van der Waals surface area contributed by atoms with Gasteiger partial charge in [-0.1, -0.05) is 48.5 Å². The van der Waals surface area contributed by atoms with Crippen molar-refractivity contribution >= 4 is 17.2 Å². The Hall–Kier alpha value is -2.50. The van der Waals surface area contributed by atoms with Crippen molar-refractivity contribution in [1.82, 2.24) is 10.2 Å². The van der Waals surface area contributed by atoms with E-state index in [1.807, 2.05) is 18.2 Å². The van der Waals surface area contributed by atoms with Crippen LogP contribution in [0.3, 0.4) is 0 Å². The summed E-state index contributed by atoms with van der Waals surface area (Å²) in [4.78, 5) is 16.2. The Morgan fingerprint density at radius 1 is 1.11 bits per heavy atom. The summed E-state index contributed by atoms with van der Waals surface area (Å²) in [7, 11) is 0. The van der Waals surface area contributed by atoms with Gasteiger partial charge in [-0.15, -0.1) is 11.3 Å². The Morgan fingerprint density at radius 2 is 1.89 bits per heavy atom. The van der Waals surface area contributed by atoms with Crippen molar-refractivity contribution in [2.24, 2.45) is 0 Å². The van der Waals surface area contributed by atoms with Gasteiger partial charge in [-0.25, -0.2) is 4.39 Å². The van der Waals surface area contributed by atoms with Crippen LogP contribution in [0.15, 0.2) is 66.0 Å². The van der Waals surface area contributed by atoms with Gasteiger partial charge in [0.05, 0.1) is 12.6 Å². The second kappa shape index (κ2) is 8.03. The lowest BCUT2D eigenvalue weighted by Crippen LogP contribution is -2.42. The van der Waals surface area contributed by atoms with Crippen molar-refractivity contribution in [3.63, 3.8) is 0 Å². The molecule has 1 aliphatic rings. The molecule has 3 aromatic rings. The quantitative estimate of drug-likeness (QED) is 0.721. The number of carbonyl (C=O) groups is 1. The number of thiophene rings is 1. The van der Waals surface area contributed by atoms with Gasteiger partial charge in [0.15, 0.2) is 0 Å². The minimum absolute atomic E-state index is 0.0837. The number of hydrogen-bond acceptors (Lipinski definition) is 3. The van der Waals surface area contributed by atoms with Gasteiger partial charge in [-0.3, -0.25) is 9.69 Å². The molecule has 5 heteroatoms. The molecule has 0 saturated carbocycles. The van der Waals surface area contributed by atoms with E-state index >= 15 is 0 Å². The second-order valence-electron chi connectivity index (χ2n) is 6.70. The highest BCUT2D eigenvalue weighted by atomic mass is 32.1. The van der Waals surface area contributed by atoms with Gasteiger partial charge in [0.2, 0.25) is 5.91 Å². The summed E-state index contributed by atoms with van der Waals surface area (Å²) in [5.74, 6) is -0.376. The van der Waals surface area contributed by atoms with Crippen LogP contribution in [0.1, 0.15) is 27.6 Å². The topological polar surface area (TPSA) is 32.3 Å². The molecule has 1 amide bonds. The fourth-order valence-electron chi connectivity index (χ4n) is 3.64. The number of fused-ring (bicyclic) bond motifs is 1. The first kappa shape index (κ1) is 17.9. The predicted octanol–water partition coefficient (Wildman–Crippen LogP) is 4.15. The number of benzene rings is 2. The van der Waals surface area contributed by atoms with Gasteiger partial charge in [-0.2, -0.15) is 0 Å². The molecule has 0 aliphatic carbocycles. The average molecular weight is 380 g/mol. The highest BCUT2D eigenvalue weighted by Gasteiger charge is 2.30. The molecule has 1 aromatic heterocycles. The Balaban J connectivity index is 1.49. The van der Waals surface area contributed by atoms with Crippen molar-refractivity contribution in [2.75, 3.05) is 13.1 Å². The Labute approximate surface area is 162 Å². The molecule has 1 N–H and O–H groups in total. The third-order valence-corrected chi connectivity index (χ3v) is 5.96. The summed E-state index contributed by atoms with van der Waals surface area (Å²) >= 11 is 1.78. The normalized spacial score (nSPS) is 16.7. The number of hydrogen-bond donors (Lipinski definition) is 1. The first-order valence-corrected chi connectivity index (χ1v) is 9.95. The van der Waals surface area contributed by atoms with Crippen molar-refractivity contribution in [1.29, 1.82) is 0 Å². The summed E-state index contributed by atoms with van der Waals surface area (Å²) in [6.45, 7) is 1.34. The molecular weight excluding hydrogens is 359 g/mol. The average Bonchev–Trinajstić information content (AvgIpc) is 3.16. The van der Waals surface area contributed by atoms with Crippen LogP contribution in [-0.2, 0) is 17.8 Å². The van der Waals surface area contributed by atoms with E-state index in [1.54, 1.807) is 29.5 Å². The molecule has 0 radical (unpaired) electrons. The van der Waals surface area contributed by atoms with E-state index in [4.69, 9.17) is 0 Å². The molecule has 2 aromatic carbocycles. The highest BCUT2D eigenvalue weighted by molar-refractivity contribution is 7.10. The third kappa shape index (κ3) is 3.94. The smallest absolute Gasteiger partial charge is 0.234 e. The maximum absolute atomic E-state index is 13.8. The van der Waals surface area contributed by atoms with E-state index in [0.717, 1.165) is 13.0 Å². The zero-order chi connectivity index (χ0) is 18.6. The third-order valence-electron chi connectivity index (χ3n) is 4.96. The van der Waals surface area contributed by atoms with Gasteiger partial charge >= 0.3 is 0 Å². The Bertz CT molecular complexity index is 925. The molecule has 0 fully saturated rings. The van der Waals surface area contributed by atoms with Crippen LogP contribution >= 0.6 is 11.3 Å². The zero-order valence-electron chi connectivity index (χ0n) is 14.9. The van der Waals surface area contributed by atoms with E-state index in [1.165, 1.54) is 22.1 Å². The molecule has 2 heterocycles. The first-order chi connectivity index (χ1) is 13.2. The summed E-state index contributed by atoms with van der Waals surface area (Å²) in [6, 6.07) is 19.1. The van der Waals surface area contributed by atoms with Crippen LogP contribution in [0.5, 0.6) is 0 Å². The molecule has 138 valence electrons. The SMILES string of the molecule is O=C(CN1CCc2sccc2C1c1ccccc1)NCc1ccccc1F. The summed E-state index contributed by atoms with van der Waals surface area (Å²) in [5.41, 5.74) is 2.99. The molecule has 0 saturated heterocycles. The number of halogens is 1. The van der Waals surface area contributed by atoms with Gasteiger partial charge < -0.3 is 5.32 Å². The first-order valence-electron chi connectivity index (χ1n) is 9.08. The Morgan fingerprint density at radius 3 is 2.70 bits per heavy atom. The fourth-order valence-corrected chi connectivity index (χ4v) is 4.54. The second-order valence-corrected chi connectivity index (χ2v) is 7.70. The summed E-state index contributed by atoms with van der Waals surface area (Å²) < 4.78 is 13.8. The number of rotatable bonds is 5. The van der Waals surface area contributed by atoms with Crippen molar-refractivity contribution in [3.05, 3.63) is 93.4 Å². The van der Waals surface area contributed by atoms with Crippen LogP contribution in [0.4, 0.5) is 4.39 Å². The van der Waals surface area contributed by atoms with Gasteiger partial charge in [-0.05, 0) is 35.1 Å². The maximum Gasteiger partial charge on any atom is 0.234 e. The number of carbonyl (C=O) groups excluding carboxylic acids is 1. The van der Waals surface area contributed by atoms with E-state index in [-0.39, 0.29) is 24.3 Å². The molecule has 1 aliphatic heterocycles. The van der Waals surface area contributed by atoms with Crippen LogP contribution in [0.25, 0.3) is 0 Å². The molecular formula is C22H21FN2OS. The monoisotopic (exact) mass is 380 g/mol. The van der Waals surface area contributed by atoms with Gasteiger partial charge in [0.1, 0.15) is 5.82 Å². The van der Waals surface area contributed by atoms with Crippen LogP contribution < -0.4 is 5.32 Å². The minimum Gasteiger partial charge on any atom is -0.351 e. The zero-order valence-corrected chi connectivity index (χ0v) is 15.7. The number of amides is 1. The molecule has 4 rings (SSSR count). The van der Waals surface area contributed by atoms with Crippen molar-refractivity contribution < 1.29 is 9.18 Å². The van der Waals surface area contributed by atoms with Gasteiger partial charge in [0.25, 0.3) is 0 Å². The predicted molar refractivity (Wildman–Crippen MR) is 106 cm³/mol. The van der Waals surface area contributed by atoms with Crippen molar-refractivity contribution in [2.45, 2.75) is 19.0 Å². The number of nitrogens with one attached hydrogen (secondary N) is 1. The Kier molecular flexibility index (Phi) is 5.32. The number of nitrogens with zero attached hydrogens (tertiary/aromatic N) is 1. The minimum atomic E-state index is -0.291. The lowest BCUT2D eigenvalue weighted by atomic mass is 9.93. The molecule has 3 nitrogen and oxygen atoms in total. The van der Waals surface area contributed by atoms with Gasteiger partial charge in [0, 0.05) is 23.5 Å². The fraction of sp³-hybridized carbons (Fsp3) is 0.227. The van der Waals surface area contributed by atoms with Crippen LogP contribution in [0.2, 0.25) is 0 Å². The highest BCUT2D eigenvalue weighted by Crippen LogP contribution is 2.37. The van der Waals surface area contributed by atoms with E-state index in [9.17, 15) is 9.18 Å². The summed E-state index contributed by atoms with van der Waals surface area (Å²) in [5, 5.41) is 4.99. The molecule has 0 spiro atoms. The maximum atomic E-state index is 13.8. The van der Waals surface area contributed by atoms with Crippen LogP contribution in [0, 0.1) is 5.82 Å². The lowest BCUT2D eigenvalue weighted by molar-refractivity contribution is -0.122.